The molecule has 1 atom stereocenters. The fourth-order valence-corrected chi connectivity index (χ4v) is 5.44. The molecule has 2 amide bonds. The molecule has 1 unspecified atom stereocenters. The van der Waals surface area contributed by atoms with Gasteiger partial charge in [-0.3, -0.25) is 14.5 Å². The molecule has 0 bridgehead atoms. The lowest BCUT2D eigenvalue weighted by Gasteiger charge is -2.42. The van der Waals surface area contributed by atoms with Gasteiger partial charge in [0, 0.05) is 13.1 Å². The monoisotopic (exact) mass is 433 g/mol. The maximum atomic E-state index is 13.4. The minimum absolute atomic E-state index is 0.134. The van der Waals surface area contributed by atoms with Crippen LogP contribution in [0.25, 0.3) is 0 Å². The van der Waals surface area contributed by atoms with E-state index in [1.165, 1.54) is 23.1 Å². The summed E-state index contributed by atoms with van der Waals surface area (Å²) in [7, 11) is 0. The van der Waals surface area contributed by atoms with Gasteiger partial charge < -0.3 is 15.0 Å². The lowest BCUT2D eigenvalue weighted by atomic mass is 9.96. The third-order valence-electron chi connectivity index (χ3n) is 5.03. The van der Waals surface area contributed by atoms with Crippen LogP contribution >= 0.6 is 23.1 Å². The number of thioether (sulfide) groups is 1. The number of hydrogen-bond donors (Lipinski definition) is 1. The zero-order valence-electron chi connectivity index (χ0n) is 16.5. The van der Waals surface area contributed by atoms with Crippen molar-refractivity contribution >= 4 is 51.4 Å². The second kappa shape index (κ2) is 7.92. The van der Waals surface area contributed by atoms with E-state index in [1.54, 1.807) is 24.8 Å². The molecule has 2 aromatic rings. The normalized spacial score (nSPS) is 19.5. The van der Waals surface area contributed by atoms with E-state index in [4.69, 9.17) is 4.74 Å². The van der Waals surface area contributed by atoms with Crippen molar-refractivity contribution in [3.63, 3.8) is 0 Å². The van der Waals surface area contributed by atoms with Gasteiger partial charge in [0.05, 0.1) is 29.8 Å². The Kier molecular flexibility index (Phi) is 5.50. The minimum Gasteiger partial charge on any atom is -0.378 e. The summed E-state index contributed by atoms with van der Waals surface area (Å²) in [5.41, 5.74) is 0.370. The molecule has 0 radical (unpaired) electrons. The molecule has 0 saturated carbocycles. The van der Waals surface area contributed by atoms with Crippen LogP contribution in [0.2, 0.25) is 0 Å². The van der Waals surface area contributed by atoms with Gasteiger partial charge in [0.1, 0.15) is 5.54 Å². The summed E-state index contributed by atoms with van der Waals surface area (Å²) in [6, 6.07) is 7.36. The molecular weight excluding hydrogens is 410 g/mol. The topological polar surface area (TPSA) is 87.7 Å². The number of carbonyl (C=O) groups excluding carboxylic acids is 2. The number of fused-ring (bicyclic) bond motifs is 1. The Morgan fingerprint density at radius 2 is 2.00 bits per heavy atom. The molecule has 29 heavy (non-hydrogen) atoms. The summed E-state index contributed by atoms with van der Waals surface area (Å²) in [6.45, 7) is 8.31. The van der Waals surface area contributed by atoms with Gasteiger partial charge in [-0.25, -0.2) is 0 Å². The predicted molar refractivity (Wildman–Crippen MR) is 115 cm³/mol. The van der Waals surface area contributed by atoms with Gasteiger partial charge in [0.15, 0.2) is 4.34 Å². The molecule has 0 aliphatic carbocycles. The molecule has 2 aliphatic rings. The first kappa shape index (κ1) is 20.1. The van der Waals surface area contributed by atoms with Crippen LogP contribution in [0, 0.1) is 0 Å². The van der Waals surface area contributed by atoms with E-state index in [0.717, 1.165) is 22.6 Å². The fourth-order valence-electron chi connectivity index (χ4n) is 3.36. The number of morpholine rings is 1. The first-order valence-corrected chi connectivity index (χ1v) is 11.1. The molecular formula is C19H23N5O3S2. The number of ether oxygens (including phenoxy) is 1. The summed E-state index contributed by atoms with van der Waals surface area (Å²) in [6.07, 6.45) is 0. The first-order chi connectivity index (χ1) is 13.9. The number of para-hydroxylation sites is 2. The van der Waals surface area contributed by atoms with Crippen molar-refractivity contribution in [2.24, 2.45) is 0 Å². The van der Waals surface area contributed by atoms with E-state index in [2.05, 4.69) is 20.4 Å². The SMILES string of the molecule is CC(Sc1nnc(N2CCOCC2)s1)C(=O)N1c2ccccc2NC(=O)C1(C)C. The van der Waals surface area contributed by atoms with Gasteiger partial charge in [0.25, 0.3) is 0 Å². The lowest BCUT2D eigenvalue weighted by molar-refractivity contribution is -0.126. The third-order valence-corrected chi connectivity index (χ3v) is 7.19. The lowest BCUT2D eigenvalue weighted by Crippen LogP contribution is -2.60. The highest BCUT2D eigenvalue weighted by Crippen LogP contribution is 2.39. The van der Waals surface area contributed by atoms with Crippen molar-refractivity contribution in [1.29, 1.82) is 0 Å². The quantitative estimate of drug-likeness (QED) is 0.742. The molecule has 1 aromatic heterocycles. The van der Waals surface area contributed by atoms with Crippen molar-refractivity contribution in [3.05, 3.63) is 24.3 Å². The van der Waals surface area contributed by atoms with Crippen LogP contribution in [0.3, 0.4) is 0 Å². The highest BCUT2D eigenvalue weighted by molar-refractivity contribution is 8.02. The molecule has 1 fully saturated rings. The van der Waals surface area contributed by atoms with Crippen molar-refractivity contribution in [3.8, 4) is 0 Å². The highest BCUT2D eigenvalue weighted by atomic mass is 32.2. The summed E-state index contributed by atoms with van der Waals surface area (Å²) in [4.78, 5) is 29.7. The smallest absolute Gasteiger partial charge is 0.250 e. The molecule has 10 heteroatoms. The molecule has 154 valence electrons. The zero-order valence-corrected chi connectivity index (χ0v) is 18.2. The Morgan fingerprint density at radius 1 is 1.28 bits per heavy atom. The van der Waals surface area contributed by atoms with Gasteiger partial charge in [-0.2, -0.15) is 0 Å². The number of amides is 2. The molecule has 0 spiro atoms. The number of rotatable bonds is 4. The fraction of sp³-hybridized carbons (Fsp3) is 0.474. The highest BCUT2D eigenvalue weighted by Gasteiger charge is 2.44. The van der Waals surface area contributed by atoms with Crippen molar-refractivity contribution < 1.29 is 14.3 Å². The van der Waals surface area contributed by atoms with Crippen LogP contribution in [0.1, 0.15) is 20.8 Å². The molecule has 8 nitrogen and oxygen atoms in total. The standard InChI is InChI=1S/C19H23N5O3S2/c1-12(28-18-22-21-17(29-18)23-8-10-27-11-9-23)15(25)24-14-7-5-4-6-13(14)20-16(26)19(24,2)3/h4-7,12H,8-11H2,1-3H3,(H,20,26). The summed E-state index contributed by atoms with van der Waals surface area (Å²) < 4.78 is 6.11. The Bertz CT molecular complexity index is 926. The maximum absolute atomic E-state index is 13.4. The number of anilines is 3. The molecule has 3 heterocycles. The second-order valence-electron chi connectivity index (χ2n) is 7.41. The number of nitrogens with zero attached hydrogens (tertiary/aromatic N) is 4. The molecule has 1 N–H and O–H groups in total. The predicted octanol–water partition coefficient (Wildman–Crippen LogP) is 2.62. The summed E-state index contributed by atoms with van der Waals surface area (Å²) in [5, 5.41) is 11.8. The molecule has 1 aromatic carbocycles. The molecule has 2 aliphatic heterocycles. The average Bonchev–Trinajstić information content (AvgIpc) is 3.17. The largest absolute Gasteiger partial charge is 0.378 e. The summed E-state index contributed by atoms with van der Waals surface area (Å²) >= 11 is 2.85. The Labute approximate surface area is 177 Å². The van der Waals surface area contributed by atoms with Gasteiger partial charge in [-0.1, -0.05) is 35.2 Å². The van der Waals surface area contributed by atoms with Crippen LogP contribution in [0.15, 0.2) is 28.6 Å². The van der Waals surface area contributed by atoms with E-state index in [0.29, 0.717) is 24.6 Å². The van der Waals surface area contributed by atoms with E-state index in [9.17, 15) is 9.59 Å². The Morgan fingerprint density at radius 3 is 2.76 bits per heavy atom. The van der Waals surface area contributed by atoms with Crippen LogP contribution < -0.4 is 15.1 Å². The van der Waals surface area contributed by atoms with Crippen LogP contribution in [0.4, 0.5) is 16.5 Å². The average molecular weight is 434 g/mol. The van der Waals surface area contributed by atoms with E-state index < -0.39 is 10.8 Å². The van der Waals surface area contributed by atoms with Gasteiger partial charge in [-0.15, -0.1) is 10.2 Å². The number of nitrogens with one attached hydrogen (secondary N) is 1. The van der Waals surface area contributed by atoms with Crippen molar-refractivity contribution in [2.75, 3.05) is 41.4 Å². The Balaban J connectivity index is 1.53. The molecule has 4 rings (SSSR count). The first-order valence-electron chi connectivity index (χ1n) is 9.45. The Hall–Kier alpha value is -2.17. The third kappa shape index (κ3) is 3.84. The van der Waals surface area contributed by atoms with Gasteiger partial charge in [0.2, 0.25) is 16.9 Å². The van der Waals surface area contributed by atoms with Crippen LogP contribution in [0.5, 0.6) is 0 Å². The minimum atomic E-state index is -0.986. The summed E-state index contributed by atoms with van der Waals surface area (Å²) in [5.74, 6) is -0.335. The van der Waals surface area contributed by atoms with Gasteiger partial charge in [-0.05, 0) is 32.9 Å². The maximum Gasteiger partial charge on any atom is 0.250 e. The van der Waals surface area contributed by atoms with E-state index in [1.807, 2.05) is 25.1 Å². The number of benzene rings is 1. The molecule has 1 saturated heterocycles. The number of hydrogen-bond acceptors (Lipinski definition) is 8. The van der Waals surface area contributed by atoms with Gasteiger partial charge >= 0.3 is 0 Å². The van der Waals surface area contributed by atoms with Crippen LogP contribution in [-0.2, 0) is 14.3 Å². The van der Waals surface area contributed by atoms with Crippen LogP contribution in [-0.4, -0.2) is 59.1 Å². The number of carbonyl (C=O) groups is 2. The number of aromatic nitrogens is 2. The van der Waals surface area contributed by atoms with Crippen molar-refractivity contribution in [1.82, 2.24) is 10.2 Å². The van der Waals surface area contributed by atoms with E-state index >= 15 is 0 Å². The zero-order chi connectivity index (χ0) is 20.6. The van der Waals surface area contributed by atoms with Crippen molar-refractivity contribution in [2.45, 2.75) is 35.9 Å². The second-order valence-corrected chi connectivity index (χ2v) is 9.96. The van der Waals surface area contributed by atoms with E-state index in [-0.39, 0.29) is 11.8 Å².